The van der Waals surface area contributed by atoms with Crippen LogP contribution in [0.15, 0.2) is 6.20 Å². The van der Waals surface area contributed by atoms with Crippen LogP contribution in [0.25, 0.3) is 0 Å². The molecule has 98 valence electrons. The van der Waals surface area contributed by atoms with Gasteiger partial charge >= 0.3 is 0 Å². The summed E-state index contributed by atoms with van der Waals surface area (Å²) in [5, 5.41) is 4.11. The van der Waals surface area contributed by atoms with Gasteiger partial charge in [0.25, 0.3) is 0 Å². The number of nitrogens with one attached hydrogen (secondary N) is 1. The Morgan fingerprint density at radius 1 is 1.53 bits per heavy atom. The number of aryl methyl sites for hydroxylation is 1. The molecular formula is C11H21N3O2S. The molecule has 0 aromatic carbocycles. The van der Waals surface area contributed by atoms with Crippen LogP contribution in [0.2, 0.25) is 0 Å². The Balaban J connectivity index is 2.72. The van der Waals surface area contributed by atoms with E-state index in [4.69, 9.17) is 0 Å². The molecule has 1 atom stereocenters. The average Bonchev–Trinajstić information content (AvgIpc) is 2.56. The maximum absolute atomic E-state index is 11.8. The molecule has 0 aliphatic carbocycles. The number of sulfonamides is 1. The van der Waals surface area contributed by atoms with Gasteiger partial charge in [0.2, 0.25) is 10.0 Å². The van der Waals surface area contributed by atoms with Crippen molar-refractivity contribution in [3.05, 3.63) is 17.5 Å². The minimum atomic E-state index is -3.19. The minimum absolute atomic E-state index is 0.188. The lowest BCUT2D eigenvalue weighted by atomic mass is 10.1. The summed E-state index contributed by atoms with van der Waals surface area (Å²) in [5.74, 6) is 0.188. The molecule has 1 rings (SSSR count). The Hall–Kier alpha value is -0.880. The van der Waals surface area contributed by atoms with E-state index in [0.29, 0.717) is 6.42 Å². The summed E-state index contributed by atoms with van der Waals surface area (Å²) in [4.78, 5) is 0. The highest BCUT2D eigenvalue weighted by molar-refractivity contribution is 7.89. The van der Waals surface area contributed by atoms with Gasteiger partial charge in [0.05, 0.1) is 11.9 Å². The van der Waals surface area contributed by atoms with Gasteiger partial charge in [-0.15, -0.1) is 0 Å². The second-order valence-electron chi connectivity index (χ2n) is 4.32. The fraction of sp³-hybridized carbons (Fsp3) is 0.727. The Morgan fingerprint density at radius 2 is 2.18 bits per heavy atom. The van der Waals surface area contributed by atoms with Crippen molar-refractivity contribution in [1.82, 2.24) is 14.5 Å². The monoisotopic (exact) mass is 259 g/mol. The highest BCUT2D eigenvalue weighted by Gasteiger charge is 2.18. The third-order valence-electron chi connectivity index (χ3n) is 2.86. The summed E-state index contributed by atoms with van der Waals surface area (Å²) < 4.78 is 27.9. The van der Waals surface area contributed by atoms with Crippen LogP contribution in [0.1, 0.15) is 44.0 Å². The van der Waals surface area contributed by atoms with Crippen molar-refractivity contribution < 1.29 is 8.42 Å². The summed E-state index contributed by atoms with van der Waals surface area (Å²) in [6, 6.07) is -0.231. The van der Waals surface area contributed by atoms with Gasteiger partial charge in [-0.05, 0) is 20.3 Å². The molecule has 17 heavy (non-hydrogen) atoms. The molecule has 1 aromatic heterocycles. The minimum Gasteiger partial charge on any atom is -0.273 e. The largest absolute Gasteiger partial charge is 0.273 e. The van der Waals surface area contributed by atoms with Crippen molar-refractivity contribution in [3.63, 3.8) is 0 Å². The fourth-order valence-corrected chi connectivity index (χ4v) is 3.12. The van der Waals surface area contributed by atoms with Crippen LogP contribution in [-0.4, -0.2) is 24.0 Å². The number of nitrogens with zero attached hydrogens (tertiary/aromatic N) is 2. The van der Waals surface area contributed by atoms with Gasteiger partial charge < -0.3 is 0 Å². The normalized spacial score (nSPS) is 13.9. The number of hydrogen-bond donors (Lipinski definition) is 1. The topological polar surface area (TPSA) is 64.0 Å². The molecule has 0 saturated carbocycles. The molecule has 1 heterocycles. The predicted octanol–water partition coefficient (Wildman–Crippen LogP) is 1.51. The molecule has 1 unspecified atom stereocenters. The van der Waals surface area contributed by atoms with E-state index in [2.05, 4.69) is 9.82 Å². The third-order valence-corrected chi connectivity index (χ3v) is 4.40. The summed E-state index contributed by atoms with van der Waals surface area (Å²) in [6.07, 6.45) is 3.28. The first-order chi connectivity index (χ1) is 7.87. The van der Waals surface area contributed by atoms with Gasteiger partial charge in [0.1, 0.15) is 0 Å². The molecule has 1 aromatic rings. The number of unbranched alkanes of at least 4 members (excludes halogenated alkanes) is 1. The van der Waals surface area contributed by atoms with Gasteiger partial charge in [0, 0.05) is 24.3 Å². The van der Waals surface area contributed by atoms with E-state index in [1.54, 1.807) is 10.9 Å². The first kappa shape index (κ1) is 14.2. The Kier molecular flexibility index (Phi) is 4.70. The van der Waals surface area contributed by atoms with Crippen molar-refractivity contribution in [2.75, 3.05) is 5.75 Å². The van der Waals surface area contributed by atoms with Gasteiger partial charge in [0.15, 0.2) is 0 Å². The molecule has 0 radical (unpaired) electrons. The van der Waals surface area contributed by atoms with Crippen molar-refractivity contribution in [1.29, 1.82) is 0 Å². The van der Waals surface area contributed by atoms with Crippen LogP contribution in [0.3, 0.4) is 0 Å². The molecule has 1 N–H and O–H groups in total. The maximum atomic E-state index is 11.8. The smallest absolute Gasteiger partial charge is 0.212 e. The van der Waals surface area contributed by atoms with Crippen LogP contribution in [0, 0.1) is 6.92 Å². The Labute approximate surface area is 103 Å². The lowest BCUT2D eigenvalue weighted by molar-refractivity contribution is 0.563. The van der Waals surface area contributed by atoms with E-state index in [9.17, 15) is 8.42 Å². The summed E-state index contributed by atoms with van der Waals surface area (Å²) in [7, 11) is -1.34. The lowest BCUT2D eigenvalue weighted by Crippen LogP contribution is -2.29. The van der Waals surface area contributed by atoms with Crippen LogP contribution in [-0.2, 0) is 17.1 Å². The van der Waals surface area contributed by atoms with E-state index < -0.39 is 10.0 Å². The van der Waals surface area contributed by atoms with E-state index in [1.807, 2.05) is 27.8 Å². The summed E-state index contributed by atoms with van der Waals surface area (Å²) >= 11 is 0. The summed E-state index contributed by atoms with van der Waals surface area (Å²) in [5.41, 5.74) is 1.91. The molecule has 0 bridgehead atoms. The molecule has 0 amide bonds. The quantitative estimate of drug-likeness (QED) is 0.842. The second-order valence-corrected chi connectivity index (χ2v) is 6.19. The molecule has 0 spiro atoms. The molecule has 0 saturated heterocycles. The molecule has 0 aliphatic rings. The zero-order valence-corrected chi connectivity index (χ0v) is 11.7. The van der Waals surface area contributed by atoms with Gasteiger partial charge in [-0.3, -0.25) is 4.68 Å². The summed E-state index contributed by atoms with van der Waals surface area (Å²) in [6.45, 7) is 5.75. The van der Waals surface area contributed by atoms with E-state index in [1.165, 1.54) is 0 Å². The average molecular weight is 259 g/mol. The highest BCUT2D eigenvalue weighted by Crippen LogP contribution is 2.17. The molecule has 5 nitrogen and oxygen atoms in total. The SMILES string of the molecule is CCCCS(=O)(=O)NC(C)c1cnn(C)c1C. The third kappa shape index (κ3) is 3.81. The lowest BCUT2D eigenvalue weighted by Gasteiger charge is -2.13. The fourth-order valence-electron chi connectivity index (χ4n) is 1.67. The Morgan fingerprint density at radius 3 is 2.65 bits per heavy atom. The Bertz CT molecular complexity index is 465. The standard InChI is InChI=1S/C11H21N3O2S/c1-5-6-7-17(15,16)13-9(2)11-8-12-14(4)10(11)3/h8-9,13H,5-7H2,1-4H3. The highest BCUT2D eigenvalue weighted by atomic mass is 32.2. The number of aromatic nitrogens is 2. The number of hydrogen-bond acceptors (Lipinski definition) is 3. The molecule has 0 fully saturated rings. The van der Waals surface area contributed by atoms with Gasteiger partial charge in [-0.25, -0.2) is 13.1 Å². The maximum Gasteiger partial charge on any atom is 0.212 e. The van der Waals surface area contributed by atoms with Crippen LogP contribution >= 0.6 is 0 Å². The van der Waals surface area contributed by atoms with Crippen LogP contribution in [0.5, 0.6) is 0 Å². The molecular weight excluding hydrogens is 238 g/mol. The van der Waals surface area contributed by atoms with E-state index >= 15 is 0 Å². The molecule has 0 aliphatic heterocycles. The predicted molar refractivity (Wildman–Crippen MR) is 68.2 cm³/mol. The van der Waals surface area contributed by atoms with Crippen LogP contribution < -0.4 is 4.72 Å². The zero-order valence-electron chi connectivity index (χ0n) is 10.9. The van der Waals surface area contributed by atoms with Crippen molar-refractivity contribution in [2.45, 2.75) is 39.7 Å². The van der Waals surface area contributed by atoms with Crippen molar-refractivity contribution in [2.24, 2.45) is 7.05 Å². The van der Waals surface area contributed by atoms with Crippen LogP contribution in [0.4, 0.5) is 0 Å². The first-order valence-electron chi connectivity index (χ1n) is 5.86. The first-order valence-corrected chi connectivity index (χ1v) is 7.51. The zero-order chi connectivity index (χ0) is 13.1. The number of rotatable bonds is 6. The van der Waals surface area contributed by atoms with Crippen molar-refractivity contribution >= 4 is 10.0 Å². The second kappa shape index (κ2) is 5.64. The van der Waals surface area contributed by atoms with Gasteiger partial charge in [-0.2, -0.15) is 5.10 Å². The molecule has 6 heteroatoms. The van der Waals surface area contributed by atoms with Gasteiger partial charge in [-0.1, -0.05) is 13.3 Å². The van der Waals surface area contributed by atoms with E-state index in [-0.39, 0.29) is 11.8 Å². The van der Waals surface area contributed by atoms with E-state index in [0.717, 1.165) is 17.7 Å². The van der Waals surface area contributed by atoms with Crippen molar-refractivity contribution in [3.8, 4) is 0 Å².